The molecule has 25 heavy (non-hydrogen) atoms. The van der Waals surface area contributed by atoms with E-state index < -0.39 is 6.10 Å². The number of benzene rings is 2. The molecule has 0 saturated heterocycles. The van der Waals surface area contributed by atoms with Crippen molar-refractivity contribution in [1.82, 2.24) is 20.2 Å². The zero-order valence-corrected chi connectivity index (χ0v) is 13.3. The Morgan fingerprint density at radius 1 is 1.20 bits per heavy atom. The fourth-order valence-corrected chi connectivity index (χ4v) is 2.09. The van der Waals surface area contributed by atoms with Crippen LogP contribution >= 0.6 is 0 Å². The summed E-state index contributed by atoms with van der Waals surface area (Å²) in [6.45, 7) is 1.66. The highest BCUT2D eigenvalue weighted by atomic mass is 16.5. The van der Waals surface area contributed by atoms with Gasteiger partial charge in [0.15, 0.2) is 6.10 Å². The van der Waals surface area contributed by atoms with Crippen LogP contribution in [-0.4, -0.2) is 32.2 Å². The van der Waals surface area contributed by atoms with E-state index in [0.717, 1.165) is 5.69 Å². The number of amides is 1. The van der Waals surface area contributed by atoms with Crippen molar-refractivity contribution in [3.05, 3.63) is 60.4 Å². The molecule has 1 atom stereocenters. The van der Waals surface area contributed by atoms with E-state index in [1.807, 2.05) is 6.07 Å². The van der Waals surface area contributed by atoms with Crippen molar-refractivity contribution in [3.63, 3.8) is 0 Å². The fraction of sp³-hybridized carbons (Fsp3) is 0.118. The van der Waals surface area contributed by atoms with Crippen LogP contribution in [0.25, 0.3) is 5.69 Å². The highest BCUT2D eigenvalue weighted by Crippen LogP contribution is 2.15. The molecule has 0 unspecified atom stereocenters. The highest BCUT2D eigenvalue weighted by molar-refractivity contribution is 5.94. The van der Waals surface area contributed by atoms with Crippen molar-refractivity contribution in [2.75, 3.05) is 5.32 Å². The normalized spacial score (nSPS) is 11.4. The summed E-state index contributed by atoms with van der Waals surface area (Å²) in [5.74, 6) is 0.246. The van der Waals surface area contributed by atoms with E-state index in [-0.39, 0.29) is 5.91 Å². The number of ether oxygens (including phenoxy) is 1. The number of nitrogens with one attached hydrogen (secondary N) is 1. The molecule has 1 heterocycles. The van der Waals surface area contributed by atoms with E-state index in [1.54, 1.807) is 55.5 Å². The molecule has 0 aliphatic heterocycles. The maximum atomic E-state index is 12.2. The Labute approximate surface area is 143 Å². The number of aromatic nitrogens is 4. The predicted octanol–water partition coefficient (Wildman–Crippen LogP) is 1.94. The number of carbonyl (C=O) groups excluding carboxylic acids is 1. The Kier molecular flexibility index (Phi) is 4.67. The third-order valence-corrected chi connectivity index (χ3v) is 3.41. The first-order valence-electron chi connectivity index (χ1n) is 7.47. The minimum Gasteiger partial charge on any atom is -0.481 e. The second kappa shape index (κ2) is 7.23. The number of hydrogen-bond donors (Lipinski definition) is 1. The van der Waals surface area contributed by atoms with Crippen molar-refractivity contribution in [1.29, 1.82) is 5.26 Å². The SMILES string of the molecule is C[C@@H](Oc1ccc(C#N)cc1)C(=O)Nc1ccc(-n2cnnn2)cc1. The second-order valence-electron chi connectivity index (χ2n) is 5.19. The summed E-state index contributed by atoms with van der Waals surface area (Å²) >= 11 is 0. The number of rotatable bonds is 5. The molecule has 0 radical (unpaired) electrons. The van der Waals surface area contributed by atoms with Crippen LogP contribution in [0.3, 0.4) is 0 Å². The molecule has 0 aliphatic carbocycles. The van der Waals surface area contributed by atoms with Gasteiger partial charge in [-0.3, -0.25) is 4.79 Å². The van der Waals surface area contributed by atoms with Gasteiger partial charge < -0.3 is 10.1 Å². The minimum absolute atomic E-state index is 0.278. The number of anilines is 1. The quantitative estimate of drug-likeness (QED) is 0.764. The second-order valence-corrected chi connectivity index (χ2v) is 5.19. The van der Waals surface area contributed by atoms with Gasteiger partial charge in [0.2, 0.25) is 0 Å². The van der Waals surface area contributed by atoms with Crippen LogP contribution in [0.1, 0.15) is 12.5 Å². The van der Waals surface area contributed by atoms with Crippen LogP contribution < -0.4 is 10.1 Å². The van der Waals surface area contributed by atoms with Crippen molar-refractivity contribution >= 4 is 11.6 Å². The van der Waals surface area contributed by atoms with E-state index >= 15 is 0 Å². The number of nitrogens with zero attached hydrogens (tertiary/aromatic N) is 5. The molecule has 3 rings (SSSR count). The number of carbonyl (C=O) groups is 1. The molecule has 0 aliphatic rings. The van der Waals surface area contributed by atoms with Gasteiger partial charge >= 0.3 is 0 Å². The molecule has 8 nitrogen and oxygen atoms in total. The molecule has 0 fully saturated rings. The average Bonchev–Trinajstić information content (AvgIpc) is 3.17. The molecule has 8 heteroatoms. The van der Waals surface area contributed by atoms with Crippen LogP contribution in [0.2, 0.25) is 0 Å². The molecule has 124 valence electrons. The van der Waals surface area contributed by atoms with Crippen molar-refractivity contribution in [2.24, 2.45) is 0 Å². The lowest BCUT2D eigenvalue weighted by Gasteiger charge is -2.15. The van der Waals surface area contributed by atoms with Crippen molar-refractivity contribution in [2.45, 2.75) is 13.0 Å². The Bertz CT molecular complexity index is 882. The van der Waals surface area contributed by atoms with Gasteiger partial charge in [-0.2, -0.15) is 5.26 Å². The third-order valence-electron chi connectivity index (χ3n) is 3.41. The summed E-state index contributed by atoms with van der Waals surface area (Å²) in [6.07, 6.45) is 0.799. The first-order valence-corrected chi connectivity index (χ1v) is 7.47. The minimum atomic E-state index is -0.688. The van der Waals surface area contributed by atoms with E-state index in [2.05, 4.69) is 20.8 Å². The molecule has 0 spiro atoms. The Hall–Kier alpha value is -3.73. The molecule has 1 N–H and O–H groups in total. The van der Waals surface area contributed by atoms with E-state index in [1.165, 1.54) is 11.0 Å². The van der Waals surface area contributed by atoms with Gasteiger partial charge in [-0.05, 0) is 65.9 Å². The fourth-order valence-electron chi connectivity index (χ4n) is 2.09. The van der Waals surface area contributed by atoms with Gasteiger partial charge in [-0.1, -0.05) is 0 Å². The van der Waals surface area contributed by atoms with Crippen LogP contribution in [0.5, 0.6) is 5.75 Å². The van der Waals surface area contributed by atoms with Gasteiger partial charge in [0, 0.05) is 5.69 Å². The van der Waals surface area contributed by atoms with Crippen molar-refractivity contribution in [3.8, 4) is 17.5 Å². The summed E-state index contributed by atoms with van der Waals surface area (Å²) in [6, 6.07) is 15.7. The molecule has 1 amide bonds. The maximum absolute atomic E-state index is 12.2. The standard InChI is InChI=1S/C17H14N6O2/c1-12(25-16-8-2-13(10-18)3-9-16)17(24)20-14-4-6-15(7-5-14)23-11-19-21-22-23/h2-9,11-12H,1H3,(H,20,24)/t12-/m1/s1. The lowest BCUT2D eigenvalue weighted by Crippen LogP contribution is -2.30. The zero-order chi connectivity index (χ0) is 17.6. The van der Waals surface area contributed by atoms with E-state index in [9.17, 15) is 4.79 Å². The van der Waals surface area contributed by atoms with Crippen LogP contribution in [0.4, 0.5) is 5.69 Å². The molecule has 0 bridgehead atoms. The summed E-state index contributed by atoms with van der Waals surface area (Å²) in [7, 11) is 0. The first kappa shape index (κ1) is 16.1. The molecular weight excluding hydrogens is 320 g/mol. The summed E-state index contributed by atoms with van der Waals surface area (Å²) in [5, 5.41) is 22.5. The Morgan fingerprint density at radius 3 is 2.52 bits per heavy atom. The maximum Gasteiger partial charge on any atom is 0.265 e. The molecule has 3 aromatic rings. The summed E-state index contributed by atoms with van der Waals surface area (Å²) in [5.41, 5.74) is 1.95. The van der Waals surface area contributed by atoms with Gasteiger partial charge in [-0.15, -0.1) is 5.10 Å². The van der Waals surface area contributed by atoms with Gasteiger partial charge in [0.1, 0.15) is 12.1 Å². The number of hydrogen-bond acceptors (Lipinski definition) is 6. The number of nitriles is 1. The Morgan fingerprint density at radius 2 is 1.92 bits per heavy atom. The smallest absolute Gasteiger partial charge is 0.265 e. The molecule has 0 saturated carbocycles. The lowest BCUT2D eigenvalue weighted by atomic mass is 10.2. The van der Waals surface area contributed by atoms with Gasteiger partial charge in [0.05, 0.1) is 17.3 Å². The zero-order valence-electron chi connectivity index (χ0n) is 13.3. The molecule has 2 aromatic carbocycles. The molecule has 1 aromatic heterocycles. The lowest BCUT2D eigenvalue weighted by molar-refractivity contribution is -0.122. The van der Waals surface area contributed by atoms with Crippen LogP contribution in [0.15, 0.2) is 54.9 Å². The van der Waals surface area contributed by atoms with Crippen LogP contribution in [0, 0.1) is 11.3 Å². The van der Waals surface area contributed by atoms with Gasteiger partial charge in [0.25, 0.3) is 5.91 Å². The summed E-state index contributed by atoms with van der Waals surface area (Å²) < 4.78 is 7.09. The van der Waals surface area contributed by atoms with Crippen LogP contribution in [-0.2, 0) is 4.79 Å². The van der Waals surface area contributed by atoms with Gasteiger partial charge in [-0.25, -0.2) is 4.68 Å². The number of tetrazole rings is 1. The molecular formula is C17H14N6O2. The van der Waals surface area contributed by atoms with Crippen molar-refractivity contribution < 1.29 is 9.53 Å². The summed E-state index contributed by atoms with van der Waals surface area (Å²) in [4.78, 5) is 12.2. The average molecular weight is 334 g/mol. The monoisotopic (exact) mass is 334 g/mol. The Balaban J connectivity index is 1.60. The first-order chi connectivity index (χ1) is 12.2. The van der Waals surface area contributed by atoms with E-state index in [4.69, 9.17) is 10.00 Å². The predicted molar refractivity (Wildman–Crippen MR) is 89.0 cm³/mol. The van der Waals surface area contributed by atoms with E-state index in [0.29, 0.717) is 17.0 Å². The highest BCUT2D eigenvalue weighted by Gasteiger charge is 2.15. The largest absolute Gasteiger partial charge is 0.481 e. The third kappa shape index (κ3) is 3.97. The topological polar surface area (TPSA) is 106 Å².